The number of piperidine rings is 1. The molecule has 1 atom stereocenters. The first-order chi connectivity index (χ1) is 10.8. The zero-order valence-corrected chi connectivity index (χ0v) is 12.2. The van der Waals surface area contributed by atoms with Crippen LogP contribution >= 0.6 is 0 Å². The van der Waals surface area contributed by atoms with E-state index in [1.807, 2.05) is 24.3 Å². The summed E-state index contributed by atoms with van der Waals surface area (Å²) in [6.07, 6.45) is 6.09. The van der Waals surface area contributed by atoms with Crippen molar-refractivity contribution in [2.45, 2.75) is 25.3 Å². The number of amides is 2. The third kappa shape index (κ3) is 3.09. The maximum atomic E-state index is 12.4. The summed E-state index contributed by atoms with van der Waals surface area (Å²) in [5.41, 5.74) is 1.58. The van der Waals surface area contributed by atoms with E-state index in [1.165, 1.54) is 0 Å². The Kier molecular flexibility index (Phi) is 4.34. The Morgan fingerprint density at radius 3 is 2.91 bits per heavy atom. The van der Waals surface area contributed by atoms with Crippen LogP contribution in [0.2, 0.25) is 0 Å². The number of aliphatic hydroxyl groups excluding tert-OH is 1. The van der Waals surface area contributed by atoms with Crippen LogP contribution in [-0.4, -0.2) is 50.0 Å². The van der Waals surface area contributed by atoms with Crippen LogP contribution in [-0.2, 0) is 0 Å². The molecule has 1 aliphatic rings. The third-order valence-electron chi connectivity index (χ3n) is 3.91. The standard InChI is InChI=1S/C15H19N5O2/c21-9-14-5-1-2-7-20(14)15(22)18-12-4-3-6-13(8-12)19-10-16-17-11-19/h3-4,6,8,10-11,14,21H,1-2,5,7,9H2,(H,18,22)/t14-/m0/s1. The van der Waals surface area contributed by atoms with Crippen molar-refractivity contribution in [3.05, 3.63) is 36.9 Å². The van der Waals surface area contributed by atoms with Crippen LogP contribution in [0.5, 0.6) is 0 Å². The summed E-state index contributed by atoms with van der Waals surface area (Å²) in [5, 5.41) is 19.9. The van der Waals surface area contributed by atoms with Gasteiger partial charge in [0.2, 0.25) is 0 Å². The number of carbonyl (C=O) groups excluding carboxylic acids is 1. The first-order valence-electron chi connectivity index (χ1n) is 7.41. The van der Waals surface area contributed by atoms with E-state index in [2.05, 4.69) is 15.5 Å². The van der Waals surface area contributed by atoms with Gasteiger partial charge >= 0.3 is 6.03 Å². The summed E-state index contributed by atoms with van der Waals surface area (Å²) in [6.45, 7) is 0.691. The predicted octanol–water partition coefficient (Wildman–Crippen LogP) is 1.65. The average Bonchev–Trinajstić information content (AvgIpc) is 3.09. The van der Waals surface area contributed by atoms with Crippen LogP contribution in [0.3, 0.4) is 0 Å². The minimum Gasteiger partial charge on any atom is -0.394 e. The second kappa shape index (κ2) is 6.57. The van der Waals surface area contributed by atoms with Crippen LogP contribution in [0, 0.1) is 0 Å². The summed E-state index contributed by atoms with van der Waals surface area (Å²) in [5.74, 6) is 0. The monoisotopic (exact) mass is 301 g/mol. The number of likely N-dealkylation sites (tertiary alicyclic amines) is 1. The molecule has 1 aromatic carbocycles. The minimum atomic E-state index is -0.167. The van der Waals surface area contributed by atoms with E-state index in [0.29, 0.717) is 12.2 Å². The number of nitrogens with zero attached hydrogens (tertiary/aromatic N) is 4. The van der Waals surface area contributed by atoms with Gasteiger partial charge in [-0.2, -0.15) is 0 Å². The third-order valence-corrected chi connectivity index (χ3v) is 3.91. The van der Waals surface area contributed by atoms with Gasteiger partial charge in [-0.1, -0.05) is 6.07 Å². The van der Waals surface area contributed by atoms with Crippen molar-refractivity contribution in [1.29, 1.82) is 0 Å². The zero-order valence-electron chi connectivity index (χ0n) is 12.2. The van der Waals surface area contributed by atoms with E-state index in [1.54, 1.807) is 22.1 Å². The van der Waals surface area contributed by atoms with Crippen molar-refractivity contribution < 1.29 is 9.90 Å². The molecule has 1 aromatic heterocycles. The fourth-order valence-corrected chi connectivity index (χ4v) is 2.73. The van der Waals surface area contributed by atoms with Gasteiger partial charge in [0.05, 0.1) is 18.3 Å². The fraction of sp³-hybridized carbons (Fsp3) is 0.400. The highest BCUT2D eigenvalue weighted by atomic mass is 16.3. The van der Waals surface area contributed by atoms with E-state index in [9.17, 15) is 9.90 Å². The summed E-state index contributed by atoms with van der Waals surface area (Å²) < 4.78 is 1.77. The molecule has 2 N–H and O–H groups in total. The summed E-state index contributed by atoms with van der Waals surface area (Å²) in [4.78, 5) is 14.1. The van der Waals surface area contributed by atoms with Crippen molar-refractivity contribution in [1.82, 2.24) is 19.7 Å². The van der Waals surface area contributed by atoms with Crippen LogP contribution in [0.15, 0.2) is 36.9 Å². The van der Waals surface area contributed by atoms with E-state index in [0.717, 1.165) is 24.9 Å². The van der Waals surface area contributed by atoms with Crippen molar-refractivity contribution in [3.63, 3.8) is 0 Å². The number of hydrogen-bond donors (Lipinski definition) is 2. The lowest BCUT2D eigenvalue weighted by molar-refractivity contribution is 0.115. The zero-order chi connectivity index (χ0) is 15.4. The predicted molar refractivity (Wildman–Crippen MR) is 81.8 cm³/mol. The quantitative estimate of drug-likeness (QED) is 0.903. The van der Waals surface area contributed by atoms with Crippen LogP contribution < -0.4 is 5.32 Å². The number of anilines is 1. The summed E-state index contributed by atoms with van der Waals surface area (Å²) >= 11 is 0. The Labute approximate surface area is 128 Å². The minimum absolute atomic E-state index is 0.00810. The second-order valence-corrected chi connectivity index (χ2v) is 5.38. The molecule has 1 fully saturated rings. The van der Waals surface area contributed by atoms with Gasteiger partial charge in [0.1, 0.15) is 12.7 Å². The Balaban J connectivity index is 1.72. The molecular formula is C15H19N5O2. The molecular weight excluding hydrogens is 282 g/mol. The molecule has 3 rings (SSSR count). The number of rotatable bonds is 3. The van der Waals surface area contributed by atoms with E-state index >= 15 is 0 Å². The number of urea groups is 1. The van der Waals surface area contributed by atoms with Crippen molar-refractivity contribution in [2.24, 2.45) is 0 Å². The molecule has 0 saturated carbocycles. The second-order valence-electron chi connectivity index (χ2n) is 5.38. The first kappa shape index (κ1) is 14.5. The maximum Gasteiger partial charge on any atom is 0.322 e. The van der Waals surface area contributed by atoms with Crippen LogP contribution in [0.25, 0.3) is 5.69 Å². The SMILES string of the molecule is O=C(Nc1cccc(-n2cnnc2)c1)N1CCCC[C@H]1CO. The number of aromatic nitrogens is 3. The Morgan fingerprint density at radius 2 is 2.14 bits per heavy atom. The highest BCUT2D eigenvalue weighted by molar-refractivity contribution is 5.90. The lowest BCUT2D eigenvalue weighted by Gasteiger charge is -2.34. The molecule has 7 heteroatoms. The molecule has 7 nitrogen and oxygen atoms in total. The van der Waals surface area contributed by atoms with Crippen molar-refractivity contribution >= 4 is 11.7 Å². The number of aliphatic hydroxyl groups is 1. The molecule has 0 spiro atoms. The number of nitrogens with one attached hydrogen (secondary N) is 1. The molecule has 2 amide bonds. The van der Waals surface area contributed by atoms with E-state index in [4.69, 9.17) is 0 Å². The lowest BCUT2D eigenvalue weighted by atomic mass is 10.0. The van der Waals surface area contributed by atoms with E-state index < -0.39 is 0 Å². The molecule has 2 aromatic rings. The molecule has 0 bridgehead atoms. The number of benzene rings is 1. The van der Waals surface area contributed by atoms with Gasteiger partial charge in [-0.25, -0.2) is 4.79 Å². The van der Waals surface area contributed by atoms with Gasteiger partial charge < -0.3 is 15.3 Å². The fourth-order valence-electron chi connectivity index (χ4n) is 2.73. The first-order valence-corrected chi connectivity index (χ1v) is 7.41. The smallest absolute Gasteiger partial charge is 0.322 e. The van der Waals surface area contributed by atoms with Gasteiger partial charge in [0, 0.05) is 12.2 Å². The molecule has 0 aliphatic carbocycles. The molecule has 0 unspecified atom stereocenters. The Hall–Kier alpha value is -2.41. The molecule has 116 valence electrons. The van der Waals surface area contributed by atoms with Gasteiger partial charge in [-0.05, 0) is 37.5 Å². The number of hydrogen-bond acceptors (Lipinski definition) is 4. The van der Waals surface area contributed by atoms with Crippen molar-refractivity contribution in [3.8, 4) is 5.69 Å². The maximum absolute atomic E-state index is 12.4. The van der Waals surface area contributed by atoms with Gasteiger partial charge in [-0.15, -0.1) is 10.2 Å². The van der Waals surface area contributed by atoms with E-state index in [-0.39, 0.29) is 18.7 Å². The van der Waals surface area contributed by atoms with Gasteiger partial charge in [0.15, 0.2) is 0 Å². The van der Waals surface area contributed by atoms with Gasteiger partial charge in [-0.3, -0.25) is 4.57 Å². The Morgan fingerprint density at radius 1 is 1.32 bits per heavy atom. The highest BCUT2D eigenvalue weighted by Gasteiger charge is 2.26. The Bertz CT molecular complexity index is 629. The summed E-state index contributed by atoms with van der Waals surface area (Å²) in [6, 6.07) is 7.22. The van der Waals surface area contributed by atoms with Crippen LogP contribution in [0.1, 0.15) is 19.3 Å². The highest BCUT2D eigenvalue weighted by Crippen LogP contribution is 2.19. The molecule has 1 saturated heterocycles. The van der Waals surface area contributed by atoms with Gasteiger partial charge in [0.25, 0.3) is 0 Å². The lowest BCUT2D eigenvalue weighted by Crippen LogP contribution is -2.47. The van der Waals surface area contributed by atoms with Crippen molar-refractivity contribution in [2.75, 3.05) is 18.5 Å². The largest absolute Gasteiger partial charge is 0.394 e. The molecule has 1 aliphatic heterocycles. The topological polar surface area (TPSA) is 83.3 Å². The van der Waals surface area contributed by atoms with Crippen LogP contribution in [0.4, 0.5) is 10.5 Å². The normalized spacial score (nSPS) is 18.2. The molecule has 2 heterocycles. The molecule has 0 radical (unpaired) electrons. The molecule has 22 heavy (non-hydrogen) atoms. The number of carbonyl (C=O) groups is 1. The summed E-state index contributed by atoms with van der Waals surface area (Å²) in [7, 11) is 0. The average molecular weight is 301 g/mol.